The standard InChI is InChI=1S/C32H39FO7/c1-19-25(37-18-21-9-7-6-8-10-21)15-16-29(39-19)40-26-13-14-27(38-20(26)2)23-12-11-22-28(34-3)17-24(33)32(36-5)30(22)31(23)35-4/h6-12,17,19-20,25-27,29H,13-16,18H2,1-5H3/t19-,20+,25+,26-,27+,29-/m1/s1. The molecule has 2 aliphatic heterocycles. The maximum absolute atomic E-state index is 14.8. The summed E-state index contributed by atoms with van der Waals surface area (Å²) in [5.41, 5.74) is 1.99. The van der Waals surface area contributed by atoms with Gasteiger partial charge in [0.15, 0.2) is 17.9 Å². The molecular weight excluding hydrogens is 515 g/mol. The van der Waals surface area contributed by atoms with E-state index < -0.39 is 5.82 Å². The fraction of sp³-hybridized carbons (Fsp3) is 0.500. The molecule has 0 aromatic heterocycles. The first-order valence-electron chi connectivity index (χ1n) is 14.0. The minimum absolute atomic E-state index is 0.0327. The molecule has 3 aromatic carbocycles. The highest BCUT2D eigenvalue weighted by Crippen LogP contribution is 2.47. The lowest BCUT2D eigenvalue weighted by atomic mass is 9.93. The fourth-order valence-electron chi connectivity index (χ4n) is 5.84. The molecule has 7 nitrogen and oxygen atoms in total. The second-order valence-electron chi connectivity index (χ2n) is 10.5. The zero-order chi connectivity index (χ0) is 28.2. The Morgan fingerprint density at radius 1 is 0.800 bits per heavy atom. The van der Waals surface area contributed by atoms with Crippen LogP contribution >= 0.6 is 0 Å². The molecule has 0 aliphatic carbocycles. The van der Waals surface area contributed by atoms with E-state index in [9.17, 15) is 4.39 Å². The molecular formula is C32H39FO7. The highest BCUT2D eigenvalue weighted by Gasteiger charge is 2.36. The van der Waals surface area contributed by atoms with E-state index in [0.717, 1.165) is 36.8 Å². The Balaban J connectivity index is 1.23. The van der Waals surface area contributed by atoms with Crippen LogP contribution in [0, 0.1) is 5.82 Å². The van der Waals surface area contributed by atoms with Gasteiger partial charge >= 0.3 is 0 Å². The Hall–Kier alpha value is -2.91. The number of rotatable bonds is 9. The van der Waals surface area contributed by atoms with Gasteiger partial charge in [0.05, 0.1) is 63.8 Å². The Kier molecular flexibility index (Phi) is 9.10. The van der Waals surface area contributed by atoms with Gasteiger partial charge in [-0.25, -0.2) is 4.39 Å². The summed E-state index contributed by atoms with van der Waals surface area (Å²) in [7, 11) is 4.54. The molecule has 0 bridgehead atoms. The van der Waals surface area contributed by atoms with E-state index in [1.807, 2.05) is 44.2 Å². The van der Waals surface area contributed by atoms with Crippen LogP contribution in [-0.4, -0.2) is 52.0 Å². The van der Waals surface area contributed by atoms with E-state index in [-0.39, 0.29) is 42.6 Å². The van der Waals surface area contributed by atoms with Crippen molar-refractivity contribution >= 4 is 10.8 Å². The summed E-state index contributed by atoms with van der Waals surface area (Å²) < 4.78 is 56.7. The minimum atomic E-state index is -0.511. The van der Waals surface area contributed by atoms with Crippen LogP contribution in [0.3, 0.4) is 0 Å². The summed E-state index contributed by atoms with van der Waals surface area (Å²) in [5.74, 6) is 0.547. The van der Waals surface area contributed by atoms with Gasteiger partial charge in [-0.15, -0.1) is 0 Å². The van der Waals surface area contributed by atoms with Crippen molar-refractivity contribution in [3.05, 3.63) is 65.5 Å². The van der Waals surface area contributed by atoms with Crippen LogP contribution in [-0.2, 0) is 25.6 Å². The SMILES string of the molecule is COc1cc(F)c(OC)c2c(OC)c([C@@H]3CC[C@@H](O[C@@H]4CC[C@H](OCc5ccccc5)[C@@H](C)O4)[C@H](C)O3)ccc12. The smallest absolute Gasteiger partial charge is 0.169 e. The number of fused-ring (bicyclic) bond motifs is 1. The lowest BCUT2D eigenvalue weighted by molar-refractivity contribution is -0.265. The monoisotopic (exact) mass is 554 g/mol. The van der Waals surface area contributed by atoms with E-state index in [4.69, 9.17) is 33.2 Å². The van der Waals surface area contributed by atoms with Crippen molar-refractivity contribution in [2.24, 2.45) is 0 Å². The number of hydrogen-bond acceptors (Lipinski definition) is 7. The molecule has 2 saturated heterocycles. The molecule has 0 spiro atoms. The third-order valence-electron chi connectivity index (χ3n) is 7.96. The molecule has 3 aromatic rings. The van der Waals surface area contributed by atoms with Crippen molar-refractivity contribution in [3.63, 3.8) is 0 Å². The number of ether oxygens (including phenoxy) is 7. The van der Waals surface area contributed by atoms with Gasteiger partial charge in [-0.05, 0) is 44.7 Å². The van der Waals surface area contributed by atoms with E-state index in [2.05, 4.69) is 12.1 Å². The molecule has 0 unspecified atom stereocenters. The first-order chi connectivity index (χ1) is 19.4. The van der Waals surface area contributed by atoms with Gasteiger partial charge in [-0.3, -0.25) is 0 Å². The van der Waals surface area contributed by atoms with E-state index in [1.165, 1.54) is 20.3 Å². The summed E-state index contributed by atoms with van der Waals surface area (Å²) in [6.07, 6.45) is 2.30. The van der Waals surface area contributed by atoms with Crippen LogP contribution in [0.4, 0.5) is 4.39 Å². The summed E-state index contributed by atoms with van der Waals surface area (Å²) in [6, 6.07) is 15.4. The molecule has 6 atom stereocenters. The fourth-order valence-corrected chi connectivity index (χ4v) is 5.84. The molecule has 0 amide bonds. The summed E-state index contributed by atoms with van der Waals surface area (Å²) >= 11 is 0. The number of halogens is 1. The van der Waals surface area contributed by atoms with Gasteiger partial charge in [0.2, 0.25) is 0 Å². The highest BCUT2D eigenvalue weighted by atomic mass is 19.1. The summed E-state index contributed by atoms with van der Waals surface area (Å²) in [6.45, 7) is 4.63. The van der Waals surface area contributed by atoms with Crippen LogP contribution in [0.15, 0.2) is 48.5 Å². The average molecular weight is 555 g/mol. The molecule has 5 rings (SSSR count). The highest BCUT2D eigenvalue weighted by molar-refractivity contribution is 5.99. The lowest BCUT2D eigenvalue weighted by Crippen LogP contribution is -2.44. The van der Waals surface area contributed by atoms with Gasteiger partial charge in [0.1, 0.15) is 11.5 Å². The summed E-state index contributed by atoms with van der Waals surface area (Å²) in [5, 5.41) is 1.24. The third-order valence-corrected chi connectivity index (χ3v) is 7.96. The predicted octanol–water partition coefficient (Wildman–Crippen LogP) is 6.74. The third kappa shape index (κ3) is 5.91. The average Bonchev–Trinajstić information content (AvgIpc) is 2.97. The van der Waals surface area contributed by atoms with Crippen LogP contribution in [0.2, 0.25) is 0 Å². The second-order valence-corrected chi connectivity index (χ2v) is 10.5. The largest absolute Gasteiger partial charge is 0.496 e. The summed E-state index contributed by atoms with van der Waals surface area (Å²) in [4.78, 5) is 0. The van der Waals surface area contributed by atoms with E-state index >= 15 is 0 Å². The number of benzene rings is 3. The maximum Gasteiger partial charge on any atom is 0.169 e. The van der Waals surface area contributed by atoms with Gasteiger partial charge in [0.25, 0.3) is 0 Å². The van der Waals surface area contributed by atoms with Crippen molar-refractivity contribution in [2.45, 2.75) is 82.9 Å². The molecule has 2 aliphatic rings. The first-order valence-corrected chi connectivity index (χ1v) is 14.0. The second kappa shape index (κ2) is 12.7. The van der Waals surface area contributed by atoms with Crippen LogP contribution in [0.25, 0.3) is 10.8 Å². The molecule has 0 N–H and O–H groups in total. The van der Waals surface area contributed by atoms with Gasteiger partial charge < -0.3 is 33.2 Å². The minimum Gasteiger partial charge on any atom is -0.496 e. The van der Waals surface area contributed by atoms with Gasteiger partial charge in [-0.1, -0.05) is 36.4 Å². The van der Waals surface area contributed by atoms with Crippen LogP contribution in [0.1, 0.15) is 56.8 Å². The first kappa shape index (κ1) is 28.6. The lowest BCUT2D eigenvalue weighted by Gasteiger charge is -2.40. The zero-order valence-electron chi connectivity index (χ0n) is 23.9. The van der Waals surface area contributed by atoms with Crippen molar-refractivity contribution in [2.75, 3.05) is 21.3 Å². The van der Waals surface area contributed by atoms with Crippen molar-refractivity contribution in [1.82, 2.24) is 0 Å². The molecule has 2 fully saturated rings. The zero-order valence-corrected chi connectivity index (χ0v) is 23.9. The number of methoxy groups -OCH3 is 3. The Labute approximate surface area is 235 Å². The van der Waals surface area contributed by atoms with Gasteiger partial charge in [0, 0.05) is 23.4 Å². The normalized spacial score (nSPS) is 26.9. The predicted molar refractivity (Wildman–Crippen MR) is 150 cm³/mol. The van der Waals surface area contributed by atoms with Crippen molar-refractivity contribution in [1.29, 1.82) is 0 Å². The molecule has 216 valence electrons. The van der Waals surface area contributed by atoms with Crippen LogP contribution in [0.5, 0.6) is 17.2 Å². The van der Waals surface area contributed by atoms with E-state index in [1.54, 1.807) is 7.11 Å². The number of hydrogen-bond donors (Lipinski definition) is 0. The van der Waals surface area contributed by atoms with Crippen LogP contribution < -0.4 is 14.2 Å². The van der Waals surface area contributed by atoms with Crippen molar-refractivity contribution in [3.8, 4) is 17.2 Å². The van der Waals surface area contributed by atoms with Crippen molar-refractivity contribution < 1.29 is 37.5 Å². The Morgan fingerprint density at radius 2 is 1.52 bits per heavy atom. The van der Waals surface area contributed by atoms with Gasteiger partial charge in [-0.2, -0.15) is 0 Å². The molecule has 8 heteroatoms. The molecule has 0 radical (unpaired) electrons. The quantitative estimate of drug-likeness (QED) is 0.290. The molecule has 40 heavy (non-hydrogen) atoms. The molecule has 2 heterocycles. The topological polar surface area (TPSA) is 64.6 Å². The Morgan fingerprint density at radius 3 is 2.20 bits per heavy atom. The maximum atomic E-state index is 14.8. The van der Waals surface area contributed by atoms with E-state index in [0.29, 0.717) is 28.9 Å². The Bertz CT molecular complexity index is 1280. The molecule has 0 saturated carbocycles.